The number of nitrogens with one attached hydrogen (secondary N) is 1. The summed E-state index contributed by atoms with van der Waals surface area (Å²) in [6.45, 7) is 0.267. The largest absolute Gasteiger partial charge is 0.777 e. The van der Waals surface area contributed by atoms with Crippen molar-refractivity contribution in [2.24, 2.45) is 0 Å². The molecule has 11 heteroatoms. The zero-order valence-electron chi connectivity index (χ0n) is 10.8. The van der Waals surface area contributed by atoms with Crippen LogP contribution in [-0.2, 0) is 15.8 Å². The smallest absolute Gasteiger partial charge is 0.280 e. The first kappa shape index (κ1) is 14.2. The third-order valence-corrected chi connectivity index (χ3v) is 4.45. The molecule has 3 atom stereocenters. The zero-order valence-corrected chi connectivity index (χ0v) is 11.7. The van der Waals surface area contributed by atoms with Crippen LogP contribution in [-0.4, -0.2) is 36.4 Å². The second-order valence-corrected chi connectivity index (χ2v) is 6.58. The van der Waals surface area contributed by atoms with E-state index in [0.717, 1.165) is 0 Å². The first-order valence-electron chi connectivity index (χ1n) is 6.24. The molecule has 1 aliphatic rings. The van der Waals surface area contributed by atoms with Crippen molar-refractivity contribution < 1.29 is 19.1 Å². The molecule has 0 aliphatic carbocycles. The molecule has 3 unspecified atom stereocenters. The molecule has 0 aromatic carbocycles. The number of nitrogen functional groups attached to an aromatic ring is 1. The summed E-state index contributed by atoms with van der Waals surface area (Å²) in [7, 11) is -4.49. The van der Waals surface area contributed by atoms with Gasteiger partial charge in [-0.05, 0) is 12.8 Å². The van der Waals surface area contributed by atoms with E-state index in [9.17, 15) is 14.3 Å². The first-order chi connectivity index (χ1) is 9.84. The highest BCUT2D eigenvalue weighted by atomic mass is 31.2. The summed E-state index contributed by atoms with van der Waals surface area (Å²) in [4.78, 5) is 42.0. The number of anilines is 1. The number of nitrogens with zero attached hydrogens (tertiary/aromatic N) is 3. The van der Waals surface area contributed by atoms with Gasteiger partial charge in [0.2, 0.25) is 5.95 Å². The SMILES string of the molecule is Nc1nc2c(ncn2CC2CCC(P(=O)([O-])O)O2)c(=O)[nH]1. The van der Waals surface area contributed by atoms with Crippen LogP contribution in [0.2, 0.25) is 0 Å². The lowest BCUT2D eigenvalue weighted by Gasteiger charge is -2.23. The Bertz CT molecular complexity index is 780. The molecule has 1 saturated heterocycles. The molecule has 0 spiro atoms. The van der Waals surface area contributed by atoms with Crippen LogP contribution in [0.1, 0.15) is 12.8 Å². The van der Waals surface area contributed by atoms with Gasteiger partial charge in [0.1, 0.15) is 5.85 Å². The highest BCUT2D eigenvalue weighted by Crippen LogP contribution is 2.44. The molecule has 3 heterocycles. The number of ether oxygens (including phenoxy) is 1. The van der Waals surface area contributed by atoms with Gasteiger partial charge in [-0.1, -0.05) is 0 Å². The van der Waals surface area contributed by atoms with Gasteiger partial charge in [0.15, 0.2) is 18.8 Å². The predicted octanol–water partition coefficient (Wildman–Crippen LogP) is -1.25. The Kier molecular flexibility index (Phi) is 3.33. The van der Waals surface area contributed by atoms with Gasteiger partial charge in [0.25, 0.3) is 5.56 Å². The van der Waals surface area contributed by atoms with Gasteiger partial charge in [0.05, 0.1) is 19.0 Å². The fourth-order valence-electron chi connectivity index (χ4n) is 2.38. The Morgan fingerprint density at radius 2 is 2.38 bits per heavy atom. The second kappa shape index (κ2) is 4.92. The predicted molar refractivity (Wildman–Crippen MR) is 70.3 cm³/mol. The number of aromatic amines is 1. The van der Waals surface area contributed by atoms with Gasteiger partial charge >= 0.3 is 0 Å². The van der Waals surface area contributed by atoms with Gasteiger partial charge in [-0.3, -0.25) is 9.78 Å². The third kappa shape index (κ3) is 2.70. The van der Waals surface area contributed by atoms with Crippen molar-refractivity contribution in [1.82, 2.24) is 19.5 Å². The van der Waals surface area contributed by atoms with Crippen LogP contribution in [0.3, 0.4) is 0 Å². The molecule has 4 N–H and O–H groups in total. The van der Waals surface area contributed by atoms with E-state index in [4.69, 9.17) is 15.4 Å². The highest BCUT2D eigenvalue weighted by molar-refractivity contribution is 7.50. The van der Waals surface area contributed by atoms with Crippen molar-refractivity contribution in [2.45, 2.75) is 31.3 Å². The number of hydrogen-bond donors (Lipinski definition) is 3. The summed E-state index contributed by atoms with van der Waals surface area (Å²) in [5, 5.41) is 0. The number of nitrogens with two attached hydrogens (primary N) is 1. The lowest BCUT2D eigenvalue weighted by Crippen LogP contribution is -2.21. The standard InChI is InChI=1S/C10H14N5O5P/c11-10-13-8-7(9(16)14-10)12-4-15(8)3-5-1-2-6(20-5)21(17,18)19/h4-6H,1-3H2,(H2,17,18,19)(H3,11,13,14,16)/p-1. The minimum absolute atomic E-state index is 0.0288. The van der Waals surface area contributed by atoms with Crippen molar-refractivity contribution >= 4 is 24.7 Å². The lowest BCUT2D eigenvalue weighted by molar-refractivity contribution is -0.204. The lowest BCUT2D eigenvalue weighted by atomic mass is 10.2. The molecule has 1 fully saturated rings. The summed E-state index contributed by atoms with van der Waals surface area (Å²) in [5.74, 6) is -1.21. The van der Waals surface area contributed by atoms with Crippen LogP contribution >= 0.6 is 7.60 Å². The van der Waals surface area contributed by atoms with E-state index in [1.807, 2.05) is 0 Å². The average Bonchev–Trinajstić information content (AvgIpc) is 2.97. The molecule has 0 saturated carbocycles. The Balaban J connectivity index is 1.84. The Morgan fingerprint density at radius 1 is 1.62 bits per heavy atom. The highest BCUT2D eigenvalue weighted by Gasteiger charge is 2.32. The van der Waals surface area contributed by atoms with E-state index >= 15 is 0 Å². The van der Waals surface area contributed by atoms with Gasteiger partial charge < -0.3 is 29.4 Å². The molecule has 10 nitrogen and oxygen atoms in total. The molecule has 21 heavy (non-hydrogen) atoms. The number of rotatable bonds is 3. The number of fused-ring (bicyclic) bond motifs is 1. The van der Waals surface area contributed by atoms with Crippen molar-refractivity contribution in [1.29, 1.82) is 0 Å². The topological polar surface area (TPSA) is 159 Å². The minimum Gasteiger partial charge on any atom is -0.777 e. The summed E-state index contributed by atoms with van der Waals surface area (Å²) >= 11 is 0. The van der Waals surface area contributed by atoms with Gasteiger partial charge in [-0.2, -0.15) is 4.98 Å². The molecule has 2 aromatic heterocycles. The van der Waals surface area contributed by atoms with Crippen LogP contribution < -0.4 is 16.2 Å². The molecule has 0 amide bonds. The average molecular weight is 314 g/mol. The van der Waals surface area contributed by atoms with Gasteiger partial charge in [-0.25, -0.2) is 4.98 Å². The normalized spacial score (nSPS) is 25.2. The molecule has 1 aliphatic heterocycles. The van der Waals surface area contributed by atoms with Crippen molar-refractivity contribution in [3.05, 3.63) is 16.7 Å². The van der Waals surface area contributed by atoms with E-state index in [2.05, 4.69) is 15.0 Å². The number of H-pyrrole nitrogens is 1. The quantitative estimate of drug-likeness (QED) is 0.593. The van der Waals surface area contributed by atoms with Crippen LogP contribution in [0, 0.1) is 0 Å². The second-order valence-electron chi connectivity index (χ2n) is 4.87. The maximum absolute atomic E-state index is 11.6. The number of aromatic nitrogens is 4. The molecule has 0 bridgehead atoms. The molecule has 2 aromatic rings. The molecular formula is C10H13N5O5P-. The van der Waals surface area contributed by atoms with Gasteiger partial charge in [-0.15, -0.1) is 0 Å². The fraction of sp³-hybridized carbons (Fsp3) is 0.500. The Labute approximate surface area is 118 Å². The van der Waals surface area contributed by atoms with E-state index in [1.54, 1.807) is 4.57 Å². The summed E-state index contributed by atoms with van der Waals surface area (Å²) in [5.41, 5.74) is 5.50. The van der Waals surface area contributed by atoms with E-state index in [-0.39, 0.29) is 24.4 Å². The first-order valence-corrected chi connectivity index (χ1v) is 7.89. The molecule has 0 radical (unpaired) electrons. The van der Waals surface area contributed by atoms with Crippen molar-refractivity contribution in [3.8, 4) is 0 Å². The van der Waals surface area contributed by atoms with Crippen LogP contribution in [0.4, 0.5) is 5.95 Å². The summed E-state index contributed by atoms with van der Waals surface area (Å²) in [6, 6.07) is 0. The Hall–Kier alpha value is -1.74. The molecule has 3 rings (SSSR count). The Morgan fingerprint density at radius 3 is 3.05 bits per heavy atom. The zero-order chi connectivity index (χ0) is 15.2. The monoisotopic (exact) mass is 314 g/mol. The van der Waals surface area contributed by atoms with E-state index < -0.39 is 25.1 Å². The molecule has 114 valence electrons. The summed E-state index contributed by atoms with van der Waals surface area (Å²) in [6.07, 6.45) is 1.70. The third-order valence-electron chi connectivity index (χ3n) is 3.34. The van der Waals surface area contributed by atoms with Crippen LogP contribution in [0.25, 0.3) is 11.2 Å². The maximum atomic E-state index is 11.6. The fourth-order valence-corrected chi connectivity index (χ4v) is 3.19. The van der Waals surface area contributed by atoms with Crippen molar-refractivity contribution in [3.63, 3.8) is 0 Å². The van der Waals surface area contributed by atoms with E-state index in [0.29, 0.717) is 12.1 Å². The van der Waals surface area contributed by atoms with Crippen molar-refractivity contribution in [2.75, 3.05) is 5.73 Å². The van der Waals surface area contributed by atoms with Crippen LogP contribution in [0.5, 0.6) is 0 Å². The maximum Gasteiger partial charge on any atom is 0.280 e. The van der Waals surface area contributed by atoms with Crippen LogP contribution in [0.15, 0.2) is 11.1 Å². The number of imidazole rings is 1. The number of hydrogen-bond acceptors (Lipinski definition) is 7. The minimum atomic E-state index is -4.49. The van der Waals surface area contributed by atoms with Gasteiger partial charge in [0, 0.05) is 0 Å². The molecular weight excluding hydrogens is 301 g/mol. The van der Waals surface area contributed by atoms with E-state index in [1.165, 1.54) is 6.33 Å². The summed E-state index contributed by atoms with van der Waals surface area (Å²) < 4.78 is 17.9.